The van der Waals surface area contributed by atoms with Crippen molar-refractivity contribution in [2.24, 2.45) is 5.73 Å². The van der Waals surface area contributed by atoms with Crippen LogP contribution in [0.2, 0.25) is 0 Å². The Morgan fingerprint density at radius 1 is 1.69 bits per heavy atom. The molecule has 1 heterocycles. The molecule has 0 aliphatic carbocycles. The van der Waals surface area contributed by atoms with E-state index in [-0.39, 0.29) is 12.5 Å². The number of thiazole rings is 1. The van der Waals surface area contributed by atoms with Crippen LogP contribution in [0.3, 0.4) is 0 Å². The Kier molecular flexibility index (Phi) is 5.21. The average Bonchev–Trinajstić information content (AvgIpc) is 2.61. The van der Waals surface area contributed by atoms with Crippen molar-refractivity contribution in [1.82, 2.24) is 9.88 Å². The zero-order valence-electron chi connectivity index (χ0n) is 9.69. The second kappa shape index (κ2) is 6.44. The molecule has 0 aliphatic heterocycles. The zero-order valence-corrected chi connectivity index (χ0v) is 10.5. The second-order valence-corrected chi connectivity index (χ2v) is 4.81. The van der Waals surface area contributed by atoms with Gasteiger partial charge in [0, 0.05) is 24.2 Å². The van der Waals surface area contributed by atoms with E-state index in [1.54, 1.807) is 11.3 Å². The molecular weight excluding hydrogens is 224 g/mol. The lowest BCUT2D eigenvalue weighted by atomic mass is 10.4. The first-order valence-corrected chi connectivity index (χ1v) is 6.09. The fraction of sp³-hybridized carbons (Fsp3) is 0.600. The number of anilines is 1. The monoisotopic (exact) mass is 242 g/mol. The van der Waals surface area contributed by atoms with E-state index in [9.17, 15) is 4.79 Å². The smallest absolute Gasteiger partial charge is 0.231 e. The first kappa shape index (κ1) is 12.9. The summed E-state index contributed by atoms with van der Waals surface area (Å²) in [6.45, 7) is 4.02. The third-order valence-corrected chi connectivity index (χ3v) is 2.87. The van der Waals surface area contributed by atoms with Crippen LogP contribution in [0.5, 0.6) is 0 Å². The summed E-state index contributed by atoms with van der Waals surface area (Å²) in [6, 6.07) is 0. The molecule has 1 aromatic heterocycles. The van der Waals surface area contributed by atoms with Gasteiger partial charge in [-0.05, 0) is 13.5 Å². The molecule has 90 valence electrons. The summed E-state index contributed by atoms with van der Waals surface area (Å²) in [5, 5.41) is 4.16. The van der Waals surface area contributed by atoms with Gasteiger partial charge in [0.1, 0.15) is 0 Å². The fourth-order valence-electron chi connectivity index (χ4n) is 1.28. The molecule has 0 fully saturated rings. The predicted octanol–water partition coefficient (Wildman–Crippen LogP) is 0.882. The van der Waals surface area contributed by atoms with Gasteiger partial charge in [0.05, 0.1) is 6.54 Å². The van der Waals surface area contributed by atoms with Crippen molar-refractivity contribution in [3.63, 3.8) is 0 Å². The van der Waals surface area contributed by atoms with Gasteiger partial charge in [-0.2, -0.15) is 0 Å². The van der Waals surface area contributed by atoms with E-state index in [1.807, 2.05) is 18.1 Å². The second-order valence-electron chi connectivity index (χ2n) is 3.70. The zero-order chi connectivity index (χ0) is 12.0. The van der Waals surface area contributed by atoms with E-state index in [0.717, 1.165) is 23.0 Å². The van der Waals surface area contributed by atoms with Crippen LogP contribution in [-0.2, 0) is 11.3 Å². The minimum absolute atomic E-state index is 0.273. The van der Waals surface area contributed by atoms with E-state index < -0.39 is 0 Å². The summed E-state index contributed by atoms with van der Waals surface area (Å²) in [4.78, 5) is 18.0. The van der Waals surface area contributed by atoms with Crippen LogP contribution in [0, 0.1) is 0 Å². The molecule has 0 saturated carbocycles. The number of hydrogen-bond acceptors (Lipinski definition) is 5. The number of carbonyl (C=O) groups is 1. The van der Waals surface area contributed by atoms with E-state index >= 15 is 0 Å². The average molecular weight is 242 g/mol. The maximum absolute atomic E-state index is 10.7. The number of hydrogen-bond donors (Lipinski definition) is 2. The summed E-state index contributed by atoms with van der Waals surface area (Å²) in [5.74, 6) is -0.309. The van der Waals surface area contributed by atoms with Crippen LogP contribution in [0.25, 0.3) is 0 Å². The quantitative estimate of drug-likeness (QED) is 0.744. The Balaban J connectivity index is 2.42. The first-order valence-electron chi connectivity index (χ1n) is 5.27. The van der Waals surface area contributed by atoms with Crippen molar-refractivity contribution in [3.8, 4) is 0 Å². The molecule has 0 saturated heterocycles. The first-order chi connectivity index (χ1) is 7.61. The Hall–Kier alpha value is -1.14. The summed E-state index contributed by atoms with van der Waals surface area (Å²) in [6.07, 6.45) is 2.91. The molecule has 0 unspecified atom stereocenters. The van der Waals surface area contributed by atoms with Gasteiger partial charge in [0.15, 0.2) is 5.13 Å². The topological polar surface area (TPSA) is 71.2 Å². The summed E-state index contributed by atoms with van der Waals surface area (Å²) in [7, 11) is 1.86. The van der Waals surface area contributed by atoms with Crippen molar-refractivity contribution in [1.29, 1.82) is 0 Å². The van der Waals surface area contributed by atoms with Gasteiger partial charge in [0.25, 0.3) is 0 Å². The van der Waals surface area contributed by atoms with Crippen LogP contribution in [0.4, 0.5) is 5.13 Å². The molecule has 0 bridgehead atoms. The number of likely N-dealkylation sites (N-methyl/N-ethyl adjacent to an activating group) is 1. The lowest BCUT2D eigenvalue weighted by molar-refractivity contribution is -0.118. The van der Waals surface area contributed by atoms with Crippen molar-refractivity contribution < 1.29 is 4.79 Å². The number of nitrogens with one attached hydrogen (secondary N) is 1. The van der Waals surface area contributed by atoms with E-state index in [2.05, 4.69) is 17.2 Å². The molecule has 0 aliphatic rings. The molecule has 16 heavy (non-hydrogen) atoms. The molecule has 1 amide bonds. The number of aromatic nitrogens is 1. The lowest BCUT2D eigenvalue weighted by Gasteiger charge is -2.11. The lowest BCUT2D eigenvalue weighted by Crippen LogP contribution is -2.29. The number of amides is 1. The molecule has 6 heteroatoms. The van der Waals surface area contributed by atoms with Crippen LogP contribution in [0.1, 0.15) is 18.2 Å². The molecule has 0 radical (unpaired) electrons. The number of carbonyl (C=O) groups excluding carboxylic acids is 1. The SMILES string of the molecule is CCCNc1ncc(CN(C)CC(N)=O)s1. The third kappa shape index (κ3) is 4.59. The fourth-order valence-corrected chi connectivity index (χ4v) is 2.20. The van der Waals surface area contributed by atoms with Crippen LogP contribution >= 0.6 is 11.3 Å². The molecule has 5 nitrogen and oxygen atoms in total. The Morgan fingerprint density at radius 2 is 2.44 bits per heavy atom. The minimum Gasteiger partial charge on any atom is -0.369 e. The standard InChI is InChI=1S/C10H18N4OS/c1-3-4-12-10-13-5-8(16-10)6-14(2)7-9(11)15/h5H,3-4,6-7H2,1-2H3,(H2,11,15)(H,12,13). The van der Waals surface area contributed by atoms with Gasteiger partial charge >= 0.3 is 0 Å². The number of nitrogens with zero attached hydrogens (tertiary/aromatic N) is 2. The number of nitrogens with two attached hydrogens (primary N) is 1. The normalized spacial score (nSPS) is 10.7. The number of primary amides is 1. The number of rotatable bonds is 7. The molecule has 0 atom stereocenters. The molecule has 1 aromatic rings. The third-order valence-electron chi connectivity index (χ3n) is 1.93. The van der Waals surface area contributed by atoms with Crippen molar-refractivity contribution in [3.05, 3.63) is 11.1 Å². The highest BCUT2D eigenvalue weighted by molar-refractivity contribution is 7.15. The highest BCUT2D eigenvalue weighted by Crippen LogP contribution is 2.18. The maximum atomic E-state index is 10.7. The molecule has 0 aromatic carbocycles. The molecule has 1 rings (SSSR count). The Bertz CT molecular complexity index is 339. The van der Waals surface area contributed by atoms with E-state index in [4.69, 9.17) is 5.73 Å². The summed E-state index contributed by atoms with van der Waals surface area (Å²) >= 11 is 1.61. The van der Waals surface area contributed by atoms with Gasteiger partial charge in [-0.15, -0.1) is 11.3 Å². The van der Waals surface area contributed by atoms with E-state index in [0.29, 0.717) is 6.54 Å². The summed E-state index contributed by atoms with van der Waals surface area (Å²) < 4.78 is 0. The van der Waals surface area contributed by atoms with Gasteiger partial charge in [-0.3, -0.25) is 9.69 Å². The largest absolute Gasteiger partial charge is 0.369 e. The minimum atomic E-state index is -0.309. The van der Waals surface area contributed by atoms with Crippen LogP contribution in [-0.4, -0.2) is 35.9 Å². The van der Waals surface area contributed by atoms with E-state index in [1.165, 1.54) is 0 Å². The van der Waals surface area contributed by atoms with Crippen molar-refractivity contribution in [2.45, 2.75) is 19.9 Å². The Labute approximate surface area is 99.7 Å². The van der Waals surface area contributed by atoms with Crippen LogP contribution < -0.4 is 11.1 Å². The predicted molar refractivity (Wildman–Crippen MR) is 66.4 cm³/mol. The molecular formula is C10H18N4OS. The summed E-state index contributed by atoms with van der Waals surface area (Å²) in [5.41, 5.74) is 5.11. The van der Waals surface area contributed by atoms with Gasteiger partial charge in [-0.1, -0.05) is 6.92 Å². The van der Waals surface area contributed by atoms with Crippen LogP contribution in [0.15, 0.2) is 6.20 Å². The maximum Gasteiger partial charge on any atom is 0.231 e. The van der Waals surface area contributed by atoms with Crippen molar-refractivity contribution in [2.75, 3.05) is 25.5 Å². The molecule has 3 N–H and O–H groups in total. The van der Waals surface area contributed by atoms with Gasteiger partial charge < -0.3 is 11.1 Å². The van der Waals surface area contributed by atoms with Gasteiger partial charge in [-0.25, -0.2) is 4.98 Å². The molecule has 0 spiro atoms. The van der Waals surface area contributed by atoms with Gasteiger partial charge in [0.2, 0.25) is 5.91 Å². The Morgan fingerprint density at radius 3 is 3.06 bits per heavy atom. The highest BCUT2D eigenvalue weighted by atomic mass is 32.1. The van der Waals surface area contributed by atoms with Crippen molar-refractivity contribution >= 4 is 22.4 Å². The highest BCUT2D eigenvalue weighted by Gasteiger charge is 2.06.